The van der Waals surface area contributed by atoms with Crippen molar-refractivity contribution in [3.63, 3.8) is 0 Å². The topological polar surface area (TPSA) is 67.3 Å². The summed E-state index contributed by atoms with van der Waals surface area (Å²) >= 11 is 0. The lowest BCUT2D eigenvalue weighted by atomic mass is 10.1. The third-order valence-corrected chi connectivity index (χ3v) is 6.32. The second-order valence-electron chi connectivity index (χ2n) is 5.73. The molecule has 0 spiro atoms. The van der Waals surface area contributed by atoms with Crippen molar-refractivity contribution >= 4 is 15.7 Å². The first-order valence-electron chi connectivity index (χ1n) is 7.68. The fraction of sp³-hybridized carbons (Fsp3) is 0.294. The van der Waals surface area contributed by atoms with Gasteiger partial charge in [-0.2, -0.15) is 0 Å². The normalized spacial score (nSPS) is 18.4. The lowest BCUT2D eigenvalue weighted by molar-refractivity contribution is 0.0721. The van der Waals surface area contributed by atoms with Crippen LogP contribution in [0.1, 0.15) is 23.3 Å². The van der Waals surface area contributed by atoms with E-state index in [0.717, 1.165) is 12.1 Å². The minimum Gasteiger partial charge on any atom is -0.336 e. The molecule has 1 aromatic heterocycles. The van der Waals surface area contributed by atoms with Crippen LogP contribution in [-0.4, -0.2) is 42.5 Å². The van der Waals surface area contributed by atoms with Gasteiger partial charge >= 0.3 is 0 Å². The fourth-order valence-electron chi connectivity index (χ4n) is 2.84. The van der Waals surface area contributed by atoms with Crippen LogP contribution in [0.2, 0.25) is 0 Å². The Hall–Kier alpha value is -2.28. The van der Waals surface area contributed by atoms with Crippen molar-refractivity contribution in [1.29, 1.82) is 0 Å². The summed E-state index contributed by atoms with van der Waals surface area (Å²) in [5.74, 6) is -0.751. The molecule has 1 fully saturated rings. The van der Waals surface area contributed by atoms with Gasteiger partial charge in [0.15, 0.2) is 9.84 Å². The molecule has 0 bridgehead atoms. The lowest BCUT2D eigenvalue weighted by Crippen LogP contribution is -2.45. The first-order chi connectivity index (χ1) is 11.5. The molecule has 7 heteroatoms. The maximum atomic E-state index is 13.0. The highest BCUT2D eigenvalue weighted by atomic mass is 32.2. The molecule has 0 N–H and O–H groups in total. The zero-order chi connectivity index (χ0) is 17.2. The smallest absolute Gasteiger partial charge is 0.272 e. The molecule has 1 atom stereocenters. The first kappa shape index (κ1) is 16.6. The van der Waals surface area contributed by atoms with E-state index in [0.29, 0.717) is 25.1 Å². The molecule has 1 aromatic carbocycles. The highest BCUT2D eigenvalue weighted by Gasteiger charge is 2.34. The minimum atomic E-state index is -3.61. The van der Waals surface area contributed by atoms with Gasteiger partial charge in [0.05, 0.1) is 10.1 Å². The van der Waals surface area contributed by atoms with Gasteiger partial charge in [-0.15, -0.1) is 0 Å². The van der Waals surface area contributed by atoms with Gasteiger partial charge in [-0.05, 0) is 49.2 Å². The minimum absolute atomic E-state index is 0.0843. The molecule has 1 aliphatic rings. The Balaban J connectivity index is 1.80. The predicted molar refractivity (Wildman–Crippen MR) is 86.7 cm³/mol. The Morgan fingerprint density at radius 3 is 2.58 bits per heavy atom. The van der Waals surface area contributed by atoms with Crippen LogP contribution in [0, 0.1) is 5.82 Å². The van der Waals surface area contributed by atoms with Crippen molar-refractivity contribution in [1.82, 2.24) is 9.88 Å². The summed E-state index contributed by atoms with van der Waals surface area (Å²) in [7, 11) is -3.61. The molecular weight excluding hydrogens is 331 g/mol. The molecule has 2 heterocycles. The molecule has 3 rings (SSSR count). The molecule has 0 saturated carbocycles. The van der Waals surface area contributed by atoms with Gasteiger partial charge in [0.1, 0.15) is 11.5 Å². The lowest BCUT2D eigenvalue weighted by Gasteiger charge is -2.32. The number of aromatic nitrogens is 1. The number of pyridine rings is 1. The van der Waals surface area contributed by atoms with E-state index < -0.39 is 20.9 Å². The molecule has 24 heavy (non-hydrogen) atoms. The highest BCUT2D eigenvalue weighted by Crippen LogP contribution is 2.24. The average Bonchev–Trinajstić information content (AvgIpc) is 2.62. The molecule has 1 aliphatic heterocycles. The van der Waals surface area contributed by atoms with Crippen LogP contribution in [0.5, 0.6) is 0 Å². The molecule has 0 aliphatic carbocycles. The summed E-state index contributed by atoms with van der Waals surface area (Å²) in [6, 6.07) is 9.85. The summed E-state index contributed by atoms with van der Waals surface area (Å²) < 4.78 is 38.5. The Labute approximate surface area is 140 Å². The highest BCUT2D eigenvalue weighted by molar-refractivity contribution is 7.92. The second-order valence-corrected chi connectivity index (χ2v) is 7.96. The zero-order valence-electron chi connectivity index (χ0n) is 12.9. The van der Waals surface area contributed by atoms with Crippen LogP contribution in [0.15, 0.2) is 53.6 Å². The molecule has 0 radical (unpaired) electrons. The molecule has 1 saturated heterocycles. The van der Waals surface area contributed by atoms with Gasteiger partial charge in [0, 0.05) is 19.3 Å². The maximum absolute atomic E-state index is 13.0. The Morgan fingerprint density at radius 2 is 1.92 bits per heavy atom. The summed E-state index contributed by atoms with van der Waals surface area (Å²) in [5.41, 5.74) is 0.303. The van der Waals surface area contributed by atoms with Crippen molar-refractivity contribution in [2.24, 2.45) is 0 Å². The number of rotatable bonds is 3. The van der Waals surface area contributed by atoms with E-state index in [-0.39, 0.29) is 17.3 Å². The summed E-state index contributed by atoms with van der Waals surface area (Å²) in [6.45, 7) is 0.625. The van der Waals surface area contributed by atoms with Crippen molar-refractivity contribution in [3.05, 3.63) is 60.2 Å². The second kappa shape index (κ2) is 6.68. The number of hydrogen-bond donors (Lipinski definition) is 0. The molecule has 126 valence electrons. The molecule has 1 amide bonds. The predicted octanol–water partition coefficient (Wildman–Crippen LogP) is 2.30. The monoisotopic (exact) mass is 348 g/mol. The number of sulfone groups is 1. The zero-order valence-corrected chi connectivity index (χ0v) is 13.7. The number of nitrogens with zero attached hydrogens (tertiary/aromatic N) is 2. The van der Waals surface area contributed by atoms with Crippen molar-refractivity contribution in [2.75, 3.05) is 13.1 Å². The number of likely N-dealkylation sites (tertiary alicyclic amines) is 1. The standard InChI is InChI=1S/C17H17FN2O3S/c18-13-6-8-14(9-7-13)24(22,23)15-4-3-11-20(12-15)17(21)16-5-1-2-10-19-16/h1-2,5-10,15H,3-4,11-12H2/t15-/m1/s1. The first-order valence-corrected chi connectivity index (χ1v) is 9.23. The van der Waals surface area contributed by atoms with Crippen LogP contribution >= 0.6 is 0 Å². The van der Waals surface area contributed by atoms with E-state index in [9.17, 15) is 17.6 Å². The van der Waals surface area contributed by atoms with Gasteiger partial charge in [0.25, 0.3) is 5.91 Å². The summed E-state index contributed by atoms with van der Waals surface area (Å²) in [6.07, 6.45) is 2.61. The molecular formula is C17H17FN2O3S. The summed E-state index contributed by atoms with van der Waals surface area (Å²) in [4.78, 5) is 18.1. The van der Waals surface area contributed by atoms with Crippen molar-refractivity contribution < 1.29 is 17.6 Å². The SMILES string of the molecule is O=C(c1ccccn1)N1CCC[C@@H](S(=O)(=O)c2ccc(F)cc2)C1. The number of carbonyl (C=O) groups excluding carboxylic acids is 1. The van der Waals surface area contributed by atoms with Crippen LogP contribution < -0.4 is 0 Å². The van der Waals surface area contributed by atoms with Gasteiger partial charge in [-0.3, -0.25) is 9.78 Å². The number of carbonyl (C=O) groups is 1. The summed E-state index contributed by atoms with van der Waals surface area (Å²) in [5, 5.41) is -0.690. The van der Waals surface area contributed by atoms with Crippen LogP contribution in [0.4, 0.5) is 4.39 Å². The quantitative estimate of drug-likeness (QED) is 0.798. The number of halogens is 1. The van der Waals surface area contributed by atoms with Gasteiger partial charge in [-0.25, -0.2) is 12.8 Å². The van der Waals surface area contributed by atoms with E-state index in [2.05, 4.69) is 4.98 Å². The van der Waals surface area contributed by atoms with Gasteiger partial charge in [0.2, 0.25) is 0 Å². The number of amides is 1. The van der Waals surface area contributed by atoms with Crippen LogP contribution in [0.25, 0.3) is 0 Å². The Bertz CT molecular complexity index is 823. The largest absolute Gasteiger partial charge is 0.336 e. The number of benzene rings is 1. The number of piperidine rings is 1. The van der Waals surface area contributed by atoms with E-state index in [4.69, 9.17) is 0 Å². The average molecular weight is 348 g/mol. The van der Waals surface area contributed by atoms with E-state index in [1.165, 1.54) is 23.2 Å². The molecule has 0 unspecified atom stereocenters. The van der Waals surface area contributed by atoms with Gasteiger partial charge in [-0.1, -0.05) is 6.07 Å². The van der Waals surface area contributed by atoms with E-state index in [1.54, 1.807) is 18.2 Å². The third-order valence-electron chi connectivity index (χ3n) is 4.13. The Kier molecular flexibility index (Phi) is 4.62. The number of hydrogen-bond acceptors (Lipinski definition) is 4. The van der Waals surface area contributed by atoms with Crippen LogP contribution in [-0.2, 0) is 9.84 Å². The van der Waals surface area contributed by atoms with Crippen LogP contribution in [0.3, 0.4) is 0 Å². The third kappa shape index (κ3) is 3.31. The molecule has 2 aromatic rings. The van der Waals surface area contributed by atoms with Gasteiger partial charge < -0.3 is 4.90 Å². The Morgan fingerprint density at radius 1 is 1.17 bits per heavy atom. The van der Waals surface area contributed by atoms with Crippen molar-refractivity contribution in [2.45, 2.75) is 23.0 Å². The van der Waals surface area contributed by atoms with E-state index >= 15 is 0 Å². The molecule has 5 nitrogen and oxygen atoms in total. The maximum Gasteiger partial charge on any atom is 0.272 e. The van der Waals surface area contributed by atoms with Crippen molar-refractivity contribution in [3.8, 4) is 0 Å². The van der Waals surface area contributed by atoms with E-state index in [1.807, 2.05) is 0 Å². The fourth-order valence-corrected chi connectivity index (χ4v) is 4.60.